The van der Waals surface area contributed by atoms with E-state index in [1.54, 1.807) is 0 Å². The fraction of sp³-hybridized carbons (Fsp3) is 0.438. The number of nitrogens with zero attached hydrogens (tertiary/aromatic N) is 1. The summed E-state index contributed by atoms with van der Waals surface area (Å²) in [6, 6.07) is 10.5. The number of aromatic nitrogens is 1. The Hall–Kier alpha value is -1.97. The fourth-order valence-corrected chi connectivity index (χ4v) is 2.55. The van der Waals surface area contributed by atoms with Gasteiger partial charge in [-0.15, -0.1) is 0 Å². The molecule has 0 bridgehead atoms. The minimum atomic E-state index is 0.577. The predicted molar refractivity (Wildman–Crippen MR) is 83.8 cm³/mol. The first-order valence-electron chi connectivity index (χ1n) is 7.42. The summed E-state index contributed by atoms with van der Waals surface area (Å²) in [5.41, 5.74) is 8.29. The van der Waals surface area contributed by atoms with Gasteiger partial charge in [-0.2, -0.15) is 0 Å². The molecule has 1 aliphatic rings. The van der Waals surface area contributed by atoms with Crippen molar-refractivity contribution in [1.82, 2.24) is 10.3 Å². The van der Waals surface area contributed by atoms with Gasteiger partial charge in [0, 0.05) is 30.7 Å². The number of nitrogens with two attached hydrogens (primary N) is 1. The largest absolute Gasteiger partial charge is 0.370 e. The van der Waals surface area contributed by atoms with E-state index in [-0.39, 0.29) is 0 Å². The van der Waals surface area contributed by atoms with E-state index in [0.717, 1.165) is 25.4 Å². The first kappa shape index (κ1) is 13.0. The van der Waals surface area contributed by atoms with E-state index in [4.69, 9.17) is 5.73 Å². The molecule has 1 saturated carbocycles. The van der Waals surface area contributed by atoms with Crippen molar-refractivity contribution in [3.8, 4) is 0 Å². The van der Waals surface area contributed by atoms with Gasteiger partial charge in [0.1, 0.15) is 0 Å². The van der Waals surface area contributed by atoms with E-state index < -0.39 is 0 Å². The summed E-state index contributed by atoms with van der Waals surface area (Å²) in [5, 5.41) is 4.45. The molecular formula is C16H22N4. The van der Waals surface area contributed by atoms with Gasteiger partial charge in [-0.1, -0.05) is 24.6 Å². The number of H-pyrrole nitrogens is 1. The summed E-state index contributed by atoms with van der Waals surface area (Å²) < 4.78 is 0. The van der Waals surface area contributed by atoms with E-state index in [1.165, 1.54) is 35.9 Å². The Morgan fingerprint density at radius 2 is 2.20 bits per heavy atom. The van der Waals surface area contributed by atoms with Crippen LogP contribution in [0.5, 0.6) is 0 Å². The van der Waals surface area contributed by atoms with Gasteiger partial charge < -0.3 is 16.0 Å². The monoisotopic (exact) mass is 270 g/mol. The molecule has 0 spiro atoms. The Kier molecular flexibility index (Phi) is 3.90. The molecule has 20 heavy (non-hydrogen) atoms. The van der Waals surface area contributed by atoms with Crippen molar-refractivity contribution in [2.45, 2.75) is 25.7 Å². The van der Waals surface area contributed by atoms with Crippen LogP contribution >= 0.6 is 0 Å². The first-order valence-corrected chi connectivity index (χ1v) is 7.42. The predicted octanol–water partition coefficient (Wildman–Crippen LogP) is 2.41. The van der Waals surface area contributed by atoms with E-state index >= 15 is 0 Å². The minimum Gasteiger partial charge on any atom is -0.370 e. The first-order chi connectivity index (χ1) is 9.81. The van der Waals surface area contributed by atoms with Crippen LogP contribution in [0.1, 0.15) is 25.0 Å². The lowest BCUT2D eigenvalue weighted by molar-refractivity contribution is 0.326. The fourth-order valence-electron chi connectivity index (χ4n) is 2.55. The molecule has 4 N–H and O–H groups in total. The van der Waals surface area contributed by atoms with Crippen LogP contribution in [0.3, 0.4) is 0 Å². The second-order valence-electron chi connectivity index (χ2n) is 5.58. The van der Waals surface area contributed by atoms with Crippen LogP contribution in [0.25, 0.3) is 10.9 Å². The third-order valence-corrected chi connectivity index (χ3v) is 4.03. The molecule has 1 aliphatic carbocycles. The average Bonchev–Trinajstić information content (AvgIpc) is 2.79. The third-order valence-electron chi connectivity index (χ3n) is 4.03. The third kappa shape index (κ3) is 3.13. The van der Waals surface area contributed by atoms with Crippen molar-refractivity contribution in [2.24, 2.45) is 16.6 Å². The number of guanidine groups is 1. The van der Waals surface area contributed by atoms with Gasteiger partial charge >= 0.3 is 0 Å². The van der Waals surface area contributed by atoms with E-state index in [9.17, 15) is 0 Å². The summed E-state index contributed by atoms with van der Waals surface area (Å²) in [7, 11) is 0. The zero-order chi connectivity index (χ0) is 13.8. The number of nitrogens with one attached hydrogen (secondary N) is 2. The number of fused-ring (bicyclic) bond motifs is 1. The number of aromatic amines is 1. The molecule has 0 saturated heterocycles. The maximum atomic E-state index is 5.87. The normalized spacial score (nSPS) is 16.3. The lowest BCUT2D eigenvalue weighted by Gasteiger charge is -2.23. The number of hydrogen-bond acceptors (Lipinski definition) is 1. The van der Waals surface area contributed by atoms with Gasteiger partial charge in [-0.25, -0.2) is 0 Å². The Balaban J connectivity index is 1.46. The van der Waals surface area contributed by atoms with Crippen molar-refractivity contribution in [1.29, 1.82) is 0 Å². The van der Waals surface area contributed by atoms with Crippen molar-refractivity contribution >= 4 is 16.9 Å². The molecule has 3 rings (SSSR count). The molecule has 106 valence electrons. The zero-order valence-corrected chi connectivity index (χ0v) is 11.7. The van der Waals surface area contributed by atoms with Crippen LogP contribution in [0.2, 0.25) is 0 Å². The molecule has 0 unspecified atom stereocenters. The molecule has 0 aliphatic heterocycles. The van der Waals surface area contributed by atoms with Gasteiger partial charge in [0.15, 0.2) is 5.96 Å². The summed E-state index contributed by atoms with van der Waals surface area (Å²) in [4.78, 5) is 7.81. The smallest absolute Gasteiger partial charge is 0.188 e. The highest BCUT2D eigenvalue weighted by atomic mass is 15.1. The van der Waals surface area contributed by atoms with E-state index in [1.807, 2.05) is 6.07 Å². The maximum absolute atomic E-state index is 5.87. The lowest BCUT2D eigenvalue weighted by atomic mass is 9.86. The molecule has 1 aromatic carbocycles. The standard InChI is InChI=1S/C16H22N4/c17-16(19-11-12-4-3-5-12)18-9-8-14-10-13-6-1-2-7-15(13)20-14/h1-2,6-7,10,12,20H,3-5,8-9,11H2,(H3,17,18,19). The summed E-state index contributed by atoms with van der Waals surface area (Å²) >= 11 is 0. The van der Waals surface area contributed by atoms with Crippen LogP contribution < -0.4 is 11.1 Å². The zero-order valence-electron chi connectivity index (χ0n) is 11.7. The Morgan fingerprint density at radius 1 is 1.35 bits per heavy atom. The Bertz CT molecular complexity index is 562. The minimum absolute atomic E-state index is 0.577. The molecule has 0 atom stereocenters. The average molecular weight is 270 g/mol. The quantitative estimate of drug-likeness (QED) is 0.577. The molecule has 1 aromatic heterocycles. The van der Waals surface area contributed by atoms with Gasteiger partial charge in [-0.05, 0) is 36.3 Å². The summed E-state index contributed by atoms with van der Waals surface area (Å²) in [6.45, 7) is 1.69. The van der Waals surface area contributed by atoms with Crippen LogP contribution in [0.4, 0.5) is 0 Å². The van der Waals surface area contributed by atoms with E-state index in [0.29, 0.717) is 5.96 Å². The number of benzene rings is 1. The molecule has 1 fully saturated rings. The highest BCUT2D eigenvalue weighted by Crippen LogP contribution is 2.26. The molecule has 4 heteroatoms. The maximum Gasteiger partial charge on any atom is 0.188 e. The summed E-state index contributed by atoms with van der Waals surface area (Å²) in [5.74, 6) is 1.34. The van der Waals surface area contributed by atoms with Gasteiger partial charge in [-0.3, -0.25) is 4.99 Å². The van der Waals surface area contributed by atoms with Crippen molar-refractivity contribution in [2.75, 3.05) is 13.1 Å². The van der Waals surface area contributed by atoms with Gasteiger partial charge in [0.25, 0.3) is 0 Å². The Morgan fingerprint density at radius 3 is 2.95 bits per heavy atom. The second-order valence-corrected chi connectivity index (χ2v) is 5.58. The van der Waals surface area contributed by atoms with Crippen LogP contribution in [0.15, 0.2) is 35.3 Å². The van der Waals surface area contributed by atoms with Crippen LogP contribution in [-0.4, -0.2) is 24.0 Å². The highest BCUT2D eigenvalue weighted by Gasteiger charge is 2.16. The summed E-state index contributed by atoms with van der Waals surface area (Å²) in [6.07, 6.45) is 4.90. The van der Waals surface area contributed by atoms with Crippen molar-refractivity contribution in [3.63, 3.8) is 0 Å². The van der Waals surface area contributed by atoms with Crippen molar-refractivity contribution in [3.05, 3.63) is 36.0 Å². The molecule has 4 nitrogen and oxygen atoms in total. The number of aliphatic imine (C=N–C) groups is 1. The molecule has 2 aromatic rings. The number of hydrogen-bond donors (Lipinski definition) is 3. The van der Waals surface area contributed by atoms with Gasteiger partial charge in [0.2, 0.25) is 0 Å². The molecule has 1 heterocycles. The van der Waals surface area contributed by atoms with Gasteiger partial charge in [0.05, 0.1) is 0 Å². The lowest BCUT2D eigenvalue weighted by Crippen LogP contribution is -2.34. The topological polar surface area (TPSA) is 66.2 Å². The molecule has 0 radical (unpaired) electrons. The Labute approximate surface area is 119 Å². The number of para-hydroxylation sites is 1. The van der Waals surface area contributed by atoms with Crippen LogP contribution in [-0.2, 0) is 6.42 Å². The highest BCUT2D eigenvalue weighted by molar-refractivity contribution is 5.80. The van der Waals surface area contributed by atoms with Crippen molar-refractivity contribution < 1.29 is 0 Å². The SMILES string of the molecule is NC(=NCC1CCC1)NCCc1cc2ccccc2[nH]1. The molecular weight excluding hydrogens is 248 g/mol. The second kappa shape index (κ2) is 5.99. The van der Waals surface area contributed by atoms with E-state index in [2.05, 4.69) is 39.6 Å². The van der Waals surface area contributed by atoms with Crippen LogP contribution in [0, 0.1) is 5.92 Å². The molecule has 0 amide bonds. The number of rotatable bonds is 5.